The Balaban J connectivity index is 1.74. The Bertz CT molecular complexity index is 988. The number of hydrogen-bond acceptors (Lipinski definition) is 3. The molecule has 0 atom stereocenters. The highest BCUT2D eigenvalue weighted by atomic mass is 19.2. The Kier molecular flexibility index (Phi) is 5.02. The van der Waals surface area contributed by atoms with Crippen LogP contribution in [-0.2, 0) is 0 Å². The second-order valence-corrected chi connectivity index (χ2v) is 5.33. The standard InChI is InChI=1S/C18H10F5N3O/c19-11-6-5-10(15(22)16(11)23)18(27)25-9-4-7-14(24-8-9)26-17-12(20)2-1-3-13(17)21/h1-8H,(H,24,26)(H,25,27). The summed E-state index contributed by atoms with van der Waals surface area (Å²) in [5.74, 6) is -7.36. The number of para-hydroxylation sites is 1. The lowest BCUT2D eigenvalue weighted by atomic mass is 10.2. The number of nitrogens with one attached hydrogen (secondary N) is 2. The van der Waals surface area contributed by atoms with Crippen LogP contribution in [0.1, 0.15) is 10.4 Å². The van der Waals surface area contributed by atoms with E-state index in [0.29, 0.717) is 6.07 Å². The first-order chi connectivity index (χ1) is 12.9. The summed E-state index contributed by atoms with van der Waals surface area (Å²) in [6.07, 6.45) is 1.14. The van der Waals surface area contributed by atoms with Crippen molar-refractivity contribution in [2.75, 3.05) is 10.6 Å². The van der Waals surface area contributed by atoms with Gasteiger partial charge in [-0.15, -0.1) is 0 Å². The summed E-state index contributed by atoms with van der Waals surface area (Å²) in [4.78, 5) is 15.9. The summed E-state index contributed by atoms with van der Waals surface area (Å²) in [6, 6.07) is 7.40. The summed E-state index contributed by atoms with van der Waals surface area (Å²) in [6.45, 7) is 0. The van der Waals surface area contributed by atoms with Gasteiger partial charge >= 0.3 is 0 Å². The fourth-order valence-electron chi connectivity index (χ4n) is 2.19. The monoisotopic (exact) mass is 379 g/mol. The zero-order valence-corrected chi connectivity index (χ0v) is 13.4. The lowest BCUT2D eigenvalue weighted by Crippen LogP contribution is -2.15. The zero-order chi connectivity index (χ0) is 19.6. The molecule has 0 saturated carbocycles. The van der Waals surface area contributed by atoms with E-state index < -0.39 is 46.2 Å². The van der Waals surface area contributed by atoms with Gasteiger partial charge in [0, 0.05) is 0 Å². The zero-order valence-electron chi connectivity index (χ0n) is 13.4. The predicted octanol–water partition coefficient (Wildman–Crippen LogP) is 4.77. The normalized spacial score (nSPS) is 10.6. The molecule has 0 aliphatic rings. The molecule has 0 aliphatic heterocycles. The fraction of sp³-hybridized carbons (Fsp3) is 0. The SMILES string of the molecule is O=C(Nc1ccc(Nc2c(F)cccc2F)nc1)c1ccc(F)c(F)c1F. The van der Waals surface area contributed by atoms with Gasteiger partial charge in [-0.05, 0) is 36.4 Å². The third-order valence-corrected chi connectivity index (χ3v) is 3.52. The van der Waals surface area contributed by atoms with E-state index >= 15 is 0 Å². The first-order valence-corrected chi connectivity index (χ1v) is 7.48. The molecule has 0 unspecified atom stereocenters. The van der Waals surface area contributed by atoms with E-state index in [-0.39, 0.29) is 11.5 Å². The topological polar surface area (TPSA) is 54.0 Å². The Morgan fingerprint density at radius 1 is 0.815 bits per heavy atom. The number of pyridine rings is 1. The fourth-order valence-corrected chi connectivity index (χ4v) is 2.19. The Hall–Kier alpha value is -3.49. The van der Waals surface area contributed by atoms with Gasteiger partial charge in [0.15, 0.2) is 17.5 Å². The van der Waals surface area contributed by atoms with Crippen molar-refractivity contribution in [2.45, 2.75) is 0 Å². The van der Waals surface area contributed by atoms with Crippen molar-refractivity contribution < 1.29 is 26.7 Å². The lowest BCUT2D eigenvalue weighted by molar-refractivity contribution is 0.102. The maximum absolute atomic E-state index is 13.6. The van der Waals surface area contributed by atoms with E-state index in [2.05, 4.69) is 15.6 Å². The Morgan fingerprint density at radius 2 is 1.52 bits per heavy atom. The molecule has 0 bridgehead atoms. The third kappa shape index (κ3) is 3.86. The van der Waals surface area contributed by atoms with Crippen LogP contribution < -0.4 is 10.6 Å². The molecule has 27 heavy (non-hydrogen) atoms. The quantitative estimate of drug-likeness (QED) is 0.507. The highest BCUT2D eigenvalue weighted by Gasteiger charge is 2.19. The van der Waals surface area contributed by atoms with E-state index in [1.165, 1.54) is 18.2 Å². The second kappa shape index (κ2) is 7.40. The predicted molar refractivity (Wildman–Crippen MR) is 88.1 cm³/mol. The van der Waals surface area contributed by atoms with E-state index in [1.54, 1.807) is 0 Å². The molecule has 0 fully saturated rings. The van der Waals surface area contributed by atoms with Crippen molar-refractivity contribution in [1.29, 1.82) is 0 Å². The van der Waals surface area contributed by atoms with E-state index in [0.717, 1.165) is 24.4 Å². The largest absolute Gasteiger partial charge is 0.335 e. The van der Waals surface area contributed by atoms with E-state index in [9.17, 15) is 26.7 Å². The number of aromatic nitrogens is 1. The van der Waals surface area contributed by atoms with Crippen molar-refractivity contribution in [3.8, 4) is 0 Å². The summed E-state index contributed by atoms with van der Waals surface area (Å²) in [7, 11) is 0. The van der Waals surface area contributed by atoms with Crippen LogP contribution in [0.4, 0.5) is 39.1 Å². The molecule has 9 heteroatoms. The molecule has 2 N–H and O–H groups in total. The van der Waals surface area contributed by atoms with Crippen LogP contribution in [0.25, 0.3) is 0 Å². The van der Waals surface area contributed by atoms with Crippen molar-refractivity contribution >= 4 is 23.1 Å². The molecule has 3 rings (SSSR count). The summed E-state index contributed by atoms with van der Waals surface area (Å²) in [5.41, 5.74) is -0.987. The first kappa shape index (κ1) is 18.3. The van der Waals surface area contributed by atoms with Crippen LogP contribution in [0.5, 0.6) is 0 Å². The van der Waals surface area contributed by atoms with Gasteiger partial charge in [0.2, 0.25) is 0 Å². The molecular weight excluding hydrogens is 369 g/mol. The van der Waals surface area contributed by atoms with Crippen molar-refractivity contribution in [1.82, 2.24) is 4.98 Å². The van der Waals surface area contributed by atoms with Gasteiger partial charge in [0.1, 0.15) is 23.1 Å². The third-order valence-electron chi connectivity index (χ3n) is 3.52. The number of carbonyl (C=O) groups is 1. The first-order valence-electron chi connectivity index (χ1n) is 7.48. The second-order valence-electron chi connectivity index (χ2n) is 5.33. The van der Waals surface area contributed by atoms with Gasteiger partial charge in [-0.3, -0.25) is 4.79 Å². The number of benzene rings is 2. The number of rotatable bonds is 4. The average Bonchev–Trinajstić information content (AvgIpc) is 2.64. The van der Waals surface area contributed by atoms with Gasteiger partial charge in [0.05, 0.1) is 17.4 Å². The molecule has 1 aromatic heterocycles. The summed E-state index contributed by atoms with van der Waals surface area (Å²) < 4.78 is 66.9. The molecule has 0 spiro atoms. The maximum atomic E-state index is 13.6. The minimum absolute atomic E-state index is 0.0796. The molecule has 4 nitrogen and oxygen atoms in total. The van der Waals surface area contributed by atoms with Crippen molar-refractivity contribution in [2.24, 2.45) is 0 Å². The summed E-state index contributed by atoms with van der Waals surface area (Å²) >= 11 is 0. The van der Waals surface area contributed by atoms with Crippen LogP contribution in [0.3, 0.4) is 0 Å². The minimum atomic E-state index is -1.76. The Labute approximate surface area is 149 Å². The van der Waals surface area contributed by atoms with E-state index in [4.69, 9.17) is 0 Å². The van der Waals surface area contributed by atoms with Gasteiger partial charge in [0.25, 0.3) is 5.91 Å². The maximum Gasteiger partial charge on any atom is 0.258 e. The average molecular weight is 379 g/mol. The molecular formula is C18H10F5N3O. The number of halogens is 5. The number of carbonyl (C=O) groups excluding carboxylic acids is 1. The smallest absolute Gasteiger partial charge is 0.258 e. The highest BCUT2D eigenvalue weighted by molar-refractivity contribution is 6.04. The molecule has 0 aliphatic carbocycles. The van der Waals surface area contributed by atoms with Gasteiger partial charge in [-0.25, -0.2) is 26.9 Å². The molecule has 1 amide bonds. The highest BCUT2D eigenvalue weighted by Crippen LogP contribution is 2.23. The van der Waals surface area contributed by atoms with Gasteiger partial charge in [-0.1, -0.05) is 6.07 Å². The van der Waals surface area contributed by atoms with Crippen molar-refractivity contribution in [3.05, 3.63) is 83.3 Å². The van der Waals surface area contributed by atoms with Crippen LogP contribution >= 0.6 is 0 Å². The van der Waals surface area contributed by atoms with Crippen LogP contribution in [0, 0.1) is 29.1 Å². The van der Waals surface area contributed by atoms with Crippen LogP contribution in [-0.4, -0.2) is 10.9 Å². The Morgan fingerprint density at radius 3 is 2.15 bits per heavy atom. The molecule has 2 aromatic carbocycles. The summed E-state index contributed by atoms with van der Waals surface area (Å²) in [5, 5.41) is 4.70. The van der Waals surface area contributed by atoms with E-state index in [1.807, 2.05) is 0 Å². The van der Waals surface area contributed by atoms with Gasteiger partial charge < -0.3 is 10.6 Å². The minimum Gasteiger partial charge on any atom is -0.335 e. The van der Waals surface area contributed by atoms with Crippen molar-refractivity contribution in [3.63, 3.8) is 0 Å². The molecule has 0 radical (unpaired) electrons. The van der Waals surface area contributed by atoms with Crippen LogP contribution in [0.2, 0.25) is 0 Å². The van der Waals surface area contributed by atoms with Gasteiger partial charge in [-0.2, -0.15) is 0 Å². The molecule has 1 heterocycles. The number of anilines is 3. The molecule has 3 aromatic rings. The number of hydrogen-bond donors (Lipinski definition) is 2. The number of nitrogens with zero attached hydrogens (tertiary/aromatic N) is 1. The lowest BCUT2D eigenvalue weighted by Gasteiger charge is -2.10. The number of amides is 1. The van der Waals surface area contributed by atoms with Crippen LogP contribution in [0.15, 0.2) is 48.7 Å². The molecule has 0 saturated heterocycles. The molecule has 138 valence electrons.